The average molecular weight is 528 g/mol. The van der Waals surface area contributed by atoms with Crippen molar-refractivity contribution in [1.29, 1.82) is 0 Å². The Kier molecular flexibility index (Phi) is 7.68. The maximum Gasteiger partial charge on any atom is 0.393 e. The molecule has 0 unspecified atom stereocenters. The second-order valence-corrected chi connectivity index (χ2v) is 10.4. The molecule has 0 bridgehead atoms. The molecule has 1 saturated carbocycles. The van der Waals surface area contributed by atoms with Gasteiger partial charge in [0.25, 0.3) is 0 Å². The van der Waals surface area contributed by atoms with Crippen molar-refractivity contribution in [3.05, 3.63) is 71.6 Å². The third-order valence-electron chi connectivity index (χ3n) is 6.74. The molecule has 194 valence electrons. The second-order valence-electron chi connectivity index (χ2n) is 9.32. The lowest BCUT2D eigenvalue weighted by molar-refractivity contribution is -0.126. The Labute approximate surface area is 217 Å². The van der Waals surface area contributed by atoms with Crippen molar-refractivity contribution in [2.24, 2.45) is 0 Å². The van der Waals surface area contributed by atoms with Crippen LogP contribution in [0.3, 0.4) is 0 Å². The van der Waals surface area contributed by atoms with Gasteiger partial charge in [0.2, 0.25) is 0 Å². The molecule has 2 atom stereocenters. The summed E-state index contributed by atoms with van der Waals surface area (Å²) in [5.41, 5.74) is 3.40. The largest absolute Gasteiger partial charge is 0.395 e. The molecule has 1 aliphatic rings. The zero-order chi connectivity index (χ0) is 25.8. The van der Waals surface area contributed by atoms with Crippen LogP contribution >= 0.6 is 11.3 Å². The maximum absolute atomic E-state index is 12.9. The predicted molar refractivity (Wildman–Crippen MR) is 140 cm³/mol. The number of fused-ring (bicyclic) bond motifs is 1. The summed E-state index contributed by atoms with van der Waals surface area (Å²) in [6.45, 7) is 1.04. The van der Waals surface area contributed by atoms with E-state index in [-0.39, 0.29) is 17.5 Å². The second kappa shape index (κ2) is 11.1. The quantitative estimate of drug-likeness (QED) is 0.305. The zero-order valence-corrected chi connectivity index (χ0v) is 21.0. The number of pyridine rings is 1. The molecular weight excluding hydrogens is 499 g/mol. The number of hydrogen-bond acceptors (Lipinski definition) is 7. The fraction of sp³-hybridized carbons (Fsp3) is 0.370. The third-order valence-corrected chi connectivity index (χ3v) is 7.78. The van der Waals surface area contributed by atoms with Crippen molar-refractivity contribution >= 4 is 27.4 Å². The number of rotatable bonds is 9. The van der Waals surface area contributed by atoms with E-state index in [1.54, 1.807) is 12.3 Å². The molecular formula is C27H28F3N5OS. The predicted octanol–water partition coefficient (Wildman–Crippen LogP) is 5.37. The van der Waals surface area contributed by atoms with Crippen LogP contribution in [0, 0.1) is 0 Å². The van der Waals surface area contributed by atoms with E-state index in [0.29, 0.717) is 28.6 Å². The Hall–Kier alpha value is -3.08. The molecule has 0 radical (unpaired) electrons. The van der Waals surface area contributed by atoms with Gasteiger partial charge in [0.1, 0.15) is 17.0 Å². The number of nitrogens with zero attached hydrogens (tertiary/aromatic N) is 4. The number of alkyl halides is 3. The van der Waals surface area contributed by atoms with Crippen LogP contribution in [0.1, 0.15) is 29.7 Å². The molecule has 1 aliphatic carbocycles. The summed E-state index contributed by atoms with van der Waals surface area (Å²) in [6, 6.07) is 14.4. The van der Waals surface area contributed by atoms with E-state index < -0.39 is 12.6 Å². The number of aliphatic hydroxyl groups is 1. The molecule has 0 amide bonds. The number of halogens is 3. The molecule has 1 fully saturated rings. The fourth-order valence-corrected chi connectivity index (χ4v) is 6.03. The summed E-state index contributed by atoms with van der Waals surface area (Å²) in [5.74, 6) is 0.598. The summed E-state index contributed by atoms with van der Waals surface area (Å²) >= 11 is 1.05. The van der Waals surface area contributed by atoms with E-state index in [9.17, 15) is 18.3 Å². The molecule has 0 spiro atoms. The van der Waals surface area contributed by atoms with Gasteiger partial charge in [-0.15, -0.1) is 11.3 Å². The van der Waals surface area contributed by atoms with Gasteiger partial charge < -0.3 is 15.3 Å². The van der Waals surface area contributed by atoms with Crippen molar-refractivity contribution in [2.45, 2.75) is 50.5 Å². The normalized spacial score (nSPS) is 17.9. The van der Waals surface area contributed by atoms with Crippen LogP contribution in [0.15, 0.2) is 61.2 Å². The first kappa shape index (κ1) is 25.6. The first-order valence-corrected chi connectivity index (χ1v) is 13.1. The van der Waals surface area contributed by atoms with Crippen molar-refractivity contribution in [2.75, 3.05) is 18.1 Å². The van der Waals surface area contributed by atoms with E-state index in [0.717, 1.165) is 48.3 Å². The molecule has 0 saturated heterocycles. The zero-order valence-electron chi connectivity index (χ0n) is 20.2. The van der Waals surface area contributed by atoms with Gasteiger partial charge in [0.05, 0.1) is 18.4 Å². The first-order chi connectivity index (χ1) is 17.9. The van der Waals surface area contributed by atoms with Crippen molar-refractivity contribution in [3.8, 4) is 11.1 Å². The highest BCUT2D eigenvalue weighted by molar-refractivity contribution is 7.18. The number of nitrogens with one attached hydrogen (secondary N) is 1. The molecule has 1 aromatic carbocycles. The molecule has 6 nitrogen and oxygen atoms in total. The van der Waals surface area contributed by atoms with Gasteiger partial charge in [0, 0.05) is 42.4 Å². The lowest BCUT2D eigenvalue weighted by atomic mass is 10.1. The van der Waals surface area contributed by atoms with Gasteiger partial charge in [-0.3, -0.25) is 4.98 Å². The van der Waals surface area contributed by atoms with Crippen LogP contribution in [-0.4, -0.2) is 51.5 Å². The number of anilines is 1. The van der Waals surface area contributed by atoms with Gasteiger partial charge in [-0.25, -0.2) is 9.97 Å². The molecule has 2 N–H and O–H groups in total. The molecule has 3 heterocycles. The minimum atomic E-state index is -4.28. The summed E-state index contributed by atoms with van der Waals surface area (Å²) in [4.78, 5) is 15.6. The summed E-state index contributed by atoms with van der Waals surface area (Å²) < 4.78 is 38.8. The van der Waals surface area contributed by atoms with Crippen molar-refractivity contribution < 1.29 is 18.3 Å². The van der Waals surface area contributed by atoms with Gasteiger partial charge in [-0.1, -0.05) is 30.3 Å². The van der Waals surface area contributed by atoms with Crippen LogP contribution in [0.2, 0.25) is 0 Å². The first-order valence-electron chi connectivity index (χ1n) is 12.3. The fourth-order valence-electron chi connectivity index (χ4n) is 5.01. The monoisotopic (exact) mass is 527 g/mol. The van der Waals surface area contributed by atoms with Crippen molar-refractivity contribution in [1.82, 2.24) is 20.3 Å². The van der Waals surface area contributed by atoms with E-state index >= 15 is 0 Å². The maximum atomic E-state index is 12.9. The Morgan fingerprint density at radius 3 is 2.65 bits per heavy atom. The Morgan fingerprint density at radius 2 is 1.92 bits per heavy atom. The van der Waals surface area contributed by atoms with E-state index in [2.05, 4.69) is 44.5 Å². The standard InChI is InChI=1S/C27H28F3N5OS/c28-27(29,30)14-23-13-24-25(33-17-34-26(24)37-23)35(10-11-36)22-8-7-21(12-22)32-15-18-3-5-19(6-4-18)20-2-1-9-31-16-20/h1-6,9,13,16-17,21-22,32,36H,7-8,10-12,14-15H2/t21-,22+/m0/s1. The highest BCUT2D eigenvalue weighted by atomic mass is 32.1. The van der Waals surface area contributed by atoms with Crippen LogP contribution in [-0.2, 0) is 13.0 Å². The van der Waals surface area contributed by atoms with E-state index in [1.807, 2.05) is 23.2 Å². The van der Waals surface area contributed by atoms with Crippen LogP contribution in [0.5, 0.6) is 0 Å². The Bertz CT molecular complexity index is 1310. The highest BCUT2D eigenvalue weighted by Gasteiger charge is 2.32. The lowest BCUT2D eigenvalue weighted by Crippen LogP contribution is -2.38. The number of aliphatic hydroxyl groups excluding tert-OH is 1. The number of benzene rings is 1. The number of aromatic nitrogens is 3. The van der Waals surface area contributed by atoms with Crippen LogP contribution < -0.4 is 10.2 Å². The summed E-state index contributed by atoms with van der Waals surface area (Å²) in [5, 5.41) is 14.0. The van der Waals surface area contributed by atoms with Gasteiger partial charge in [-0.2, -0.15) is 13.2 Å². The topological polar surface area (TPSA) is 74.2 Å². The smallest absolute Gasteiger partial charge is 0.393 e. The highest BCUT2D eigenvalue weighted by Crippen LogP contribution is 2.36. The molecule has 3 aromatic heterocycles. The number of thiophene rings is 1. The third kappa shape index (κ3) is 6.26. The van der Waals surface area contributed by atoms with Gasteiger partial charge in [-0.05, 0) is 48.1 Å². The molecule has 0 aliphatic heterocycles. The lowest BCUT2D eigenvalue weighted by Gasteiger charge is -2.30. The van der Waals surface area contributed by atoms with Gasteiger partial charge in [0.15, 0.2) is 0 Å². The molecule has 10 heteroatoms. The summed E-state index contributed by atoms with van der Waals surface area (Å²) in [6.07, 6.45) is 2.49. The van der Waals surface area contributed by atoms with Crippen molar-refractivity contribution in [3.63, 3.8) is 0 Å². The van der Waals surface area contributed by atoms with Gasteiger partial charge >= 0.3 is 6.18 Å². The minimum Gasteiger partial charge on any atom is -0.395 e. The average Bonchev–Trinajstić information content (AvgIpc) is 3.52. The van der Waals surface area contributed by atoms with Crippen LogP contribution in [0.4, 0.5) is 19.0 Å². The SMILES string of the molecule is OCCN(c1ncnc2sc(CC(F)(F)F)cc12)[C@@H]1CC[C@H](NCc2ccc(-c3cccnc3)cc2)C1. The Morgan fingerprint density at radius 1 is 1.08 bits per heavy atom. The van der Waals surface area contributed by atoms with E-state index in [1.165, 1.54) is 11.9 Å². The molecule has 4 aromatic rings. The number of hydrogen-bond donors (Lipinski definition) is 2. The summed E-state index contributed by atoms with van der Waals surface area (Å²) in [7, 11) is 0. The molecule has 37 heavy (non-hydrogen) atoms. The Balaban J connectivity index is 1.24. The van der Waals surface area contributed by atoms with Crippen LogP contribution in [0.25, 0.3) is 21.3 Å². The van der Waals surface area contributed by atoms with E-state index in [4.69, 9.17) is 0 Å². The minimum absolute atomic E-state index is 0.0665. The molecule has 5 rings (SSSR count).